The van der Waals surface area contributed by atoms with E-state index in [1.807, 2.05) is 0 Å². The van der Waals surface area contributed by atoms with E-state index in [0.29, 0.717) is 43.7 Å². The van der Waals surface area contributed by atoms with E-state index < -0.39 is 5.97 Å². The van der Waals surface area contributed by atoms with Crippen LogP contribution in [0.5, 0.6) is 11.5 Å². The van der Waals surface area contributed by atoms with Gasteiger partial charge in [-0.2, -0.15) is 0 Å². The van der Waals surface area contributed by atoms with Gasteiger partial charge in [0.25, 0.3) is 11.8 Å². The molecule has 0 saturated carbocycles. The van der Waals surface area contributed by atoms with Crippen LogP contribution >= 0.6 is 0 Å². The Hall–Kier alpha value is -3.14. The summed E-state index contributed by atoms with van der Waals surface area (Å²) in [5.41, 5.74) is 0.264. The second-order valence-corrected chi connectivity index (χ2v) is 5.94. The number of nitrogens with zero attached hydrogens (tertiary/aromatic N) is 3. The molecule has 1 aliphatic rings. The minimum absolute atomic E-state index is 0.128. The highest BCUT2D eigenvalue weighted by Crippen LogP contribution is 2.28. The molecule has 0 radical (unpaired) electrons. The molecule has 1 aromatic carbocycles. The summed E-state index contributed by atoms with van der Waals surface area (Å²) in [7, 11) is 1.45. The van der Waals surface area contributed by atoms with Crippen molar-refractivity contribution in [2.75, 3.05) is 40.0 Å². The quantitative estimate of drug-likeness (QED) is 0.637. The molecule has 0 unspecified atom stereocenters. The summed E-state index contributed by atoms with van der Waals surface area (Å²) >= 11 is 0. The molecule has 1 fully saturated rings. The highest BCUT2D eigenvalue weighted by Gasteiger charge is 2.19. The fraction of sp³-hybridized carbons (Fsp3) is 0.444. The van der Waals surface area contributed by atoms with E-state index in [1.54, 1.807) is 17.9 Å². The Kier molecular flexibility index (Phi) is 6.43. The molecule has 0 N–H and O–H groups in total. The van der Waals surface area contributed by atoms with Gasteiger partial charge in [0.1, 0.15) is 0 Å². The lowest BCUT2D eigenvalue weighted by Crippen LogP contribution is -2.43. The number of benzene rings is 1. The Balaban J connectivity index is 1.57. The first-order chi connectivity index (χ1) is 13.6. The summed E-state index contributed by atoms with van der Waals surface area (Å²) in [4.78, 5) is 26.1. The second kappa shape index (κ2) is 9.18. The number of esters is 1. The first-order valence-electron chi connectivity index (χ1n) is 8.69. The number of aryl methyl sites for hydroxylation is 1. The van der Waals surface area contributed by atoms with Gasteiger partial charge in [-0.25, -0.2) is 4.79 Å². The van der Waals surface area contributed by atoms with Crippen LogP contribution in [0.15, 0.2) is 22.6 Å². The predicted molar refractivity (Wildman–Crippen MR) is 94.0 cm³/mol. The molecule has 1 aliphatic heterocycles. The standard InChI is InChI=1S/C18H21N3O7/c1-12-19-20-16(28-12)10-27-18(23)13-3-4-14(15(9-13)24-2)26-11-17(22)21-5-7-25-8-6-21/h3-4,9H,5-8,10-11H2,1-2H3. The molecule has 0 bridgehead atoms. The molecular weight excluding hydrogens is 370 g/mol. The van der Waals surface area contributed by atoms with E-state index >= 15 is 0 Å². The minimum atomic E-state index is -0.579. The van der Waals surface area contributed by atoms with Gasteiger partial charge in [-0.15, -0.1) is 10.2 Å². The molecule has 1 aromatic heterocycles. The molecule has 0 atom stereocenters. The average molecular weight is 391 g/mol. The summed E-state index contributed by atoms with van der Waals surface area (Å²) in [6, 6.07) is 4.56. The zero-order valence-corrected chi connectivity index (χ0v) is 15.7. The van der Waals surface area contributed by atoms with Gasteiger partial charge in [-0.1, -0.05) is 0 Å². The van der Waals surface area contributed by atoms with Crippen LogP contribution in [-0.2, 0) is 20.9 Å². The number of morpholine rings is 1. The second-order valence-electron chi connectivity index (χ2n) is 5.94. The maximum absolute atomic E-state index is 12.2. The molecular formula is C18H21N3O7. The van der Waals surface area contributed by atoms with Crippen LogP contribution in [0, 0.1) is 6.92 Å². The molecule has 1 saturated heterocycles. The maximum Gasteiger partial charge on any atom is 0.338 e. The van der Waals surface area contributed by atoms with Crippen LogP contribution in [0.4, 0.5) is 0 Å². The molecule has 10 nitrogen and oxygen atoms in total. The largest absolute Gasteiger partial charge is 0.493 e. The summed E-state index contributed by atoms with van der Waals surface area (Å²) in [6.07, 6.45) is 0. The smallest absolute Gasteiger partial charge is 0.338 e. The predicted octanol–water partition coefficient (Wildman–Crippen LogP) is 0.981. The maximum atomic E-state index is 12.2. The number of rotatable bonds is 7. The van der Waals surface area contributed by atoms with Crippen molar-refractivity contribution < 1.29 is 33.0 Å². The summed E-state index contributed by atoms with van der Waals surface area (Å²) in [5, 5.41) is 7.42. The Morgan fingerprint density at radius 3 is 2.64 bits per heavy atom. The van der Waals surface area contributed by atoms with E-state index in [9.17, 15) is 9.59 Å². The van der Waals surface area contributed by atoms with Gasteiger partial charge in [0.15, 0.2) is 24.7 Å². The molecule has 150 valence electrons. The van der Waals surface area contributed by atoms with Gasteiger partial charge in [0.05, 0.1) is 25.9 Å². The number of carbonyl (C=O) groups is 2. The van der Waals surface area contributed by atoms with Gasteiger partial charge in [0, 0.05) is 20.0 Å². The molecule has 0 spiro atoms. The highest BCUT2D eigenvalue weighted by molar-refractivity contribution is 5.90. The Labute approximate surface area is 161 Å². The molecule has 0 aliphatic carbocycles. The highest BCUT2D eigenvalue weighted by atomic mass is 16.5. The monoisotopic (exact) mass is 391 g/mol. The van der Waals surface area contributed by atoms with Crippen LogP contribution in [0.2, 0.25) is 0 Å². The number of aromatic nitrogens is 2. The van der Waals surface area contributed by atoms with Crippen LogP contribution in [0.25, 0.3) is 0 Å². The van der Waals surface area contributed by atoms with Crippen LogP contribution in [0.3, 0.4) is 0 Å². The first kappa shape index (κ1) is 19.6. The van der Waals surface area contributed by atoms with Crippen LogP contribution in [-0.4, -0.2) is 67.0 Å². The molecule has 10 heteroatoms. The fourth-order valence-corrected chi connectivity index (χ4v) is 2.56. The fourth-order valence-electron chi connectivity index (χ4n) is 2.56. The molecule has 3 rings (SSSR count). The summed E-state index contributed by atoms with van der Waals surface area (Å²) in [5.74, 6) is 0.556. The SMILES string of the molecule is COc1cc(C(=O)OCc2nnc(C)o2)ccc1OCC(=O)N1CCOCC1. The third-order valence-electron chi connectivity index (χ3n) is 4.01. The van der Waals surface area contributed by atoms with Gasteiger partial charge < -0.3 is 28.3 Å². The molecule has 2 aromatic rings. The minimum Gasteiger partial charge on any atom is -0.493 e. The molecule has 2 heterocycles. The summed E-state index contributed by atoms with van der Waals surface area (Å²) < 4.78 is 26.3. The van der Waals surface area contributed by atoms with Crippen molar-refractivity contribution in [3.05, 3.63) is 35.5 Å². The Morgan fingerprint density at radius 1 is 1.18 bits per heavy atom. The molecule has 1 amide bonds. The zero-order chi connectivity index (χ0) is 19.9. The lowest BCUT2D eigenvalue weighted by Gasteiger charge is -2.26. The number of methoxy groups -OCH3 is 1. The number of amides is 1. The first-order valence-corrected chi connectivity index (χ1v) is 8.69. The van der Waals surface area contributed by atoms with E-state index in [-0.39, 0.29) is 30.6 Å². The van der Waals surface area contributed by atoms with Crippen molar-refractivity contribution in [3.8, 4) is 11.5 Å². The van der Waals surface area contributed by atoms with Gasteiger partial charge >= 0.3 is 5.97 Å². The van der Waals surface area contributed by atoms with Crippen molar-refractivity contribution in [1.29, 1.82) is 0 Å². The lowest BCUT2D eigenvalue weighted by molar-refractivity contribution is -0.137. The summed E-state index contributed by atoms with van der Waals surface area (Å²) in [6.45, 7) is 3.52. The Morgan fingerprint density at radius 2 is 1.96 bits per heavy atom. The van der Waals surface area contributed by atoms with Crippen molar-refractivity contribution in [2.24, 2.45) is 0 Å². The third kappa shape index (κ3) is 4.97. The van der Waals surface area contributed by atoms with E-state index in [4.69, 9.17) is 23.4 Å². The van der Waals surface area contributed by atoms with Gasteiger partial charge in [-0.05, 0) is 18.2 Å². The number of carbonyl (C=O) groups excluding carboxylic acids is 2. The number of hydrogen-bond donors (Lipinski definition) is 0. The van der Waals surface area contributed by atoms with E-state index in [0.717, 1.165) is 0 Å². The Bertz CT molecular complexity index is 830. The van der Waals surface area contributed by atoms with Crippen molar-refractivity contribution in [3.63, 3.8) is 0 Å². The topological polar surface area (TPSA) is 113 Å². The van der Waals surface area contributed by atoms with Gasteiger partial charge in [-0.3, -0.25) is 4.79 Å². The van der Waals surface area contributed by atoms with Crippen molar-refractivity contribution in [1.82, 2.24) is 15.1 Å². The zero-order valence-electron chi connectivity index (χ0n) is 15.7. The van der Waals surface area contributed by atoms with E-state index in [1.165, 1.54) is 19.2 Å². The molecule has 28 heavy (non-hydrogen) atoms. The average Bonchev–Trinajstić information content (AvgIpc) is 3.15. The van der Waals surface area contributed by atoms with Gasteiger partial charge in [0.2, 0.25) is 5.89 Å². The van der Waals surface area contributed by atoms with Crippen molar-refractivity contribution in [2.45, 2.75) is 13.5 Å². The van der Waals surface area contributed by atoms with E-state index in [2.05, 4.69) is 10.2 Å². The normalized spacial score (nSPS) is 13.9. The van der Waals surface area contributed by atoms with Crippen LogP contribution < -0.4 is 9.47 Å². The third-order valence-corrected chi connectivity index (χ3v) is 4.01. The van der Waals surface area contributed by atoms with Crippen LogP contribution in [0.1, 0.15) is 22.1 Å². The lowest BCUT2D eigenvalue weighted by atomic mass is 10.2. The van der Waals surface area contributed by atoms with Crippen molar-refractivity contribution >= 4 is 11.9 Å². The number of hydrogen-bond acceptors (Lipinski definition) is 9. The number of ether oxygens (including phenoxy) is 4.